The van der Waals surface area contributed by atoms with Crippen molar-refractivity contribution in [2.75, 3.05) is 31.2 Å². The largest absolute Gasteiger partial charge is 0.494 e. The van der Waals surface area contributed by atoms with Crippen LogP contribution in [-0.2, 0) is 10.0 Å². The third-order valence-corrected chi connectivity index (χ3v) is 8.54. The van der Waals surface area contributed by atoms with Gasteiger partial charge in [-0.3, -0.25) is 0 Å². The van der Waals surface area contributed by atoms with Gasteiger partial charge >= 0.3 is 0 Å². The van der Waals surface area contributed by atoms with E-state index < -0.39 is 10.0 Å². The first-order valence-electron chi connectivity index (χ1n) is 12.3. The van der Waals surface area contributed by atoms with Crippen molar-refractivity contribution in [3.05, 3.63) is 60.7 Å². The van der Waals surface area contributed by atoms with Crippen LogP contribution < -0.4 is 20.5 Å². The number of sulfonamides is 1. The summed E-state index contributed by atoms with van der Waals surface area (Å²) < 4.78 is 34.3. The van der Waals surface area contributed by atoms with Gasteiger partial charge in [-0.25, -0.2) is 18.1 Å². The van der Waals surface area contributed by atoms with Crippen molar-refractivity contribution >= 4 is 55.9 Å². The lowest BCUT2D eigenvalue weighted by Gasteiger charge is -2.28. The quantitative estimate of drug-likeness (QED) is 0.287. The second kappa shape index (κ2) is 11.5. The number of hydrogen-bond donors (Lipinski definition) is 3. The lowest BCUT2D eigenvalue weighted by Crippen LogP contribution is -2.32. The van der Waals surface area contributed by atoms with Gasteiger partial charge in [-0.1, -0.05) is 42.5 Å². The van der Waals surface area contributed by atoms with Crippen LogP contribution in [0, 0.1) is 11.8 Å². The van der Waals surface area contributed by atoms with E-state index in [4.69, 9.17) is 10.5 Å². The molecule has 5 rings (SSSR count). The molecule has 0 aliphatic heterocycles. The van der Waals surface area contributed by atoms with E-state index in [1.807, 2.05) is 48.5 Å². The highest BCUT2D eigenvalue weighted by Crippen LogP contribution is 2.31. The van der Waals surface area contributed by atoms with Gasteiger partial charge in [-0.05, 0) is 61.1 Å². The summed E-state index contributed by atoms with van der Waals surface area (Å²) in [6.45, 7) is 1.20. The normalized spacial score (nSPS) is 17.9. The molecule has 0 bridgehead atoms. The molecule has 37 heavy (non-hydrogen) atoms. The monoisotopic (exact) mass is 541 g/mol. The van der Waals surface area contributed by atoms with Crippen LogP contribution >= 0.6 is 12.4 Å². The minimum Gasteiger partial charge on any atom is -0.494 e. The second-order valence-corrected chi connectivity index (χ2v) is 11.1. The highest BCUT2D eigenvalue weighted by atomic mass is 35.5. The fourth-order valence-corrected chi connectivity index (χ4v) is 6.35. The van der Waals surface area contributed by atoms with Gasteiger partial charge in [0.2, 0.25) is 16.0 Å². The predicted octanol–water partition coefficient (Wildman–Crippen LogP) is 4.99. The number of fused-ring (bicyclic) bond motifs is 2. The fraction of sp³-hybridized carbons (Fsp3) is 0.333. The first kappa shape index (κ1) is 26.9. The minimum absolute atomic E-state index is 0. The first-order chi connectivity index (χ1) is 17.4. The molecule has 1 aliphatic carbocycles. The summed E-state index contributed by atoms with van der Waals surface area (Å²) in [6, 6.07) is 18.6. The Balaban J connectivity index is 0.00000320. The minimum atomic E-state index is -3.57. The van der Waals surface area contributed by atoms with Crippen molar-refractivity contribution in [1.29, 1.82) is 0 Å². The molecule has 4 aromatic rings. The highest BCUT2D eigenvalue weighted by Gasteiger charge is 2.24. The maximum atomic E-state index is 13.0. The number of anilines is 2. The number of nitrogens with two attached hydrogens (primary N) is 1. The lowest BCUT2D eigenvalue weighted by molar-refractivity contribution is 0.284. The maximum Gasteiger partial charge on any atom is 0.241 e. The number of nitrogens with zero attached hydrogens (tertiary/aromatic N) is 2. The molecule has 3 aromatic carbocycles. The molecule has 0 spiro atoms. The van der Waals surface area contributed by atoms with Crippen molar-refractivity contribution < 1.29 is 13.2 Å². The number of para-hydroxylation sites is 1. The van der Waals surface area contributed by atoms with E-state index in [9.17, 15) is 8.42 Å². The zero-order valence-electron chi connectivity index (χ0n) is 20.7. The van der Waals surface area contributed by atoms with Gasteiger partial charge in [0.25, 0.3) is 0 Å². The number of hydrogen-bond acceptors (Lipinski definition) is 7. The number of ether oxygens (including phenoxy) is 1. The number of methoxy groups -OCH3 is 1. The van der Waals surface area contributed by atoms with Crippen LogP contribution in [0.15, 0.2) is 65.6 Å². The Bertz CT molecular complexity index is 1490. The average molecular weight is 542 g/mol. The van der Waals surface area contributed by atoms with E-state index in [1.54, 1.807) is 19.2 Å². The third kappa shape index (κ3) is 5.89. The number of benzene rings is 3. The Kier molecular flexibility index (Phi) is 8.36. The first-order valence-corrected chi connectivity index (χ1v) is 13.7. The molecule has 0 saturated heterocycles. The summed E-state index contributed by atoms with van der Waals surface area (Å²) in [5.74, 6) is 2.37. The molecular weight excluding hydrogens is 510 g/mol. The van der Waals surface area contributed by atoms with E-state index in [1.165, 1.54) is 0 Å². The summed E-state index contributed by atoms with van der Waals surface area (Å²) >= 11 is 0. The van der Waals surface area contributed by atoms with Gasteiger partial charge in [-0.2, -0.15) is 4.98 Å². The van der Waals surface area contributed by atoms with Gasteiger partial charge < -0.3 is 15.8 Å². The molecule has 1 aliphatic rings. The summed E-state index contributed by atoms with van der Waals surface area (Å²) in [5.41, 5.74) is 6.84. The third-order valence-electron chi connectivity index (χ3n) is 7.06. The summed E-state index contributed by atoms with van der Waals surface area (Å²) in [5, 5.41) is 5.78. The Morgan fingerprint density at radius 1 is 0.892 bits per heavy atom. The zero-order chi connectivity index (χ0) is 25.1. The molecule has 4 N–H and O–H groups in total. The Morgan fingerprint density at radius 3 is 2.30 bits per heavy atom. The van der Waals surface area contributed by atoms with Crippen LogP contribution in [0.1, 0.15) is 25.7 Å². The molecule has 1 fully saturated rings. The van der Waals surface area contributed by atoms with Gasteiger partial charge in [0, 0.05) is 23.9 Å². The number of aromatic nitrogens is 2. The number of halogens is 1. The average Bonchev–Trinajstić information content (AvgIpc) is 2.91. The molecule has 0 atom stereocenters. The van der Waals surface area contributed by atoms with E-state index in [-0.39, 0.29) is 12.4 Å². The molecule has 1 aromatic heterocycles. The van der Waals surface area contributed by atoms with Crippen molar-refractivity contribution in [1.82, 2.24) is 14.7 Å². The summed E-state index contributed by atoms with van der Waals surface area (Å²) in [6.07, 6.45) is 3.97. The van der Waals surface area contributed by atoms with Gasteiger partial charge in [0.1, 0.15) is 17.1 Å². The van der Waals surface area contributed by atoms with Gasteiger partial charge in [0.15, 0.2) is 0 Å². The summed E-state index contributed by atoms with van der Waals surface area (Å²) in [4.78, 5) is 9.35. The van der Waals surface area contributed by atoms with Crippen LogP contribution in [0.2, 0.25) is 0 Å². The SMILES string of the molecule is COc1cccc2c(N)nc(NCC3CCC(CNS(=O)(=O)c4cccc5ccccc45)CC3)nc12.Cl. The van der Waals surface area contributed by atoms with Crippen LogP contribution in [0.25, 0.3) is 21.7 Å². The molecule has 1 saturated carbocycles. The van der Waals surface area contributed by atoms with Crippen LogP contribution in [0.4, 0.5) is 11.8 Å². The highest BCUT2D eigenvalue weighted by molar-refractivity contribution is 7.89. The molecule has 0 unspecified atom stereocenters. The standard InChI is InChI=1S/C27H31N5O3S.ClH/c1-35-23-10-5-9-22-25(23)31-27(32-26(22)28)29-16-18-12-14-19(15-13-18)17-30-36(33,34)24-11-4-7-20-6-2-3-8-21(20)24;/h2-11,18-19,30H,12-17H2,1H3,(H3,28,29,31,32);1H. The number of rotatable bonds is 8. The zero-order valence-corrected chi connectivity index (χ0v) is 22.3. The van der Waals surface area contributed by atoms with Crippen molar-refractivity contribution in [2.45, 2.75) is 30.6 Å². The van der Waals surface area contributed by atoms with Crippen molar-refractivity contribution in [3.8, 4) is 5.75 Å². The fourth-order valence-electron chi connectivity index (χ4n) is 5.00. The molecule has 8 nitrogen and oxygen atoms in total. The Morgan fingerprint density at radius 2 is 1.54 bits per heavy atom. The number of nitrogen functional groups attached to an aromatic ring is 1. The molecule has 1 heterocycles. The van der Waals surface area contributed by atoms with Gasteiger partial charge in [0.05, 0.1) is 12.0 Å². The van der Waals surface area contributed by atoms with E-state index >= 15 is 0 Å². The Hall–Kier alpha value is -3.14. The lowest BCUT2D eigenvalue weighted by atomic mass is 9.82. The van der Waals surface area contributed by atoms with Crippen molar-refractivity contribution in [3.63, 3.8) is 0 Å². The predicted molar refractivity (Wildman–Crippen MR) is 151 cm³/mol. The number of nitrogens with one attached hydrogen (secondary N) is 2. The van der Waals surface area contributed by atoms with Crippen LogP contribution in [0.5, 0.6) is 5.75 Å². The maximum absolute atomic E-state index is 13.0. The van der Waals surface area contributed by atoms with Crippen LogP contribution in [0.3, 0.4) is 0 Å². The summed E-state index contributed by atoms with van der Waals surface area (Å²) in [7, 11) is -1.96. The molecule has 0 radical (unpaired) electrons. The molecule has 196 valence electrons. The molecule has 0 amide bonds. The van der Waals surface area contributed by atoms with E-state index in [0.29, 0.717) is 46.3 Å². The Labute approximate surface area is 223 Å². The van der Waals surface area contributed by atoms with E-state index in [2.05, 4.69) is 20.0 Å². The van der Waals surface area contributed by atoms with Crippen molar-refractivity contribution in [2.24, 2.45) is 11.8 Å². The topological polar surface area (TPSA) is 119 Å². The smallest absolute Gasteiger partial charge is 0.241 e. The van der Waals surface area contributed by atoms with Gasteiger partial charge in [-0.15, -0.1) is 12.4 Å². The molecule has 10 heteroatoms. The second-order valence-electron chi connectivity index (χ2n) is 9.39. The molecular formula is C27H32ClN5O3S. The van der Waals surface area contributed by atoms with Crippen LogP contribution in [-0.4, -0.2) is 38.6 Å². The van der Waals surface area contributed by atoms with E-state index in [0.717, 1.165) is 48.4 Å².